The lowest BCUT2D eigenvalue weighted by Crippen LogP contribution is -2.10. The number of rotatable bonds is 6. The van der Waals surface area contributed by atoms with Crippen molar-refractivity contribution in [2.24, 2.45) is 0 Å². The Morgan fingerprint density at radius 2 is 0.911 bits per heavy atom. The van der Waals surface area contributed by atoms with Crippen molar-refractivity contribution >= 4 is 71.3 Å². The van der Waals surface area contributed by atoms with Crippen molar-refractivity contribution in [2.75, 3.05) is 4.90 Å². The SMILES string of the molecule is c1ccc(-c2ccc(-c3cccc(N(c4ccc5ccccc5c4)c4cc5c(oc6cccc(-c7cccc8ccccc78)c65)c5ccccc45)c3)cc2)cc1. The van der Waals surface area contributed by atoms with E-state index in [1.807, 2.05) is 0 Å². The minimum Gasteiger partial charge on any atom is -0.455 e. The first kappa shape index (κ1) is 32.0. The smallest absolute Gasteiger partial charge is 0.143 e. The molecule has 10 aromatic carbocycles. The van der Waals surface area contributed by atoms with Crippen LogP contribution < -0.4 is 4.90 Å². The van der Waals surface area contributed by atoms with Gasteiger partial charge in [0.25, 0.3) is 0 Å². The van der Waals surface area contributed by atoms with Gasteiger partial charge in [-0.3, -0.25) is 0 Å². The van der Waals surface area contributed by atoms with Gasteiger partial charge in [0.1, 0.15) is 11.2 Å². The van der Waals surface area contributed by atoms with Gasteiger partial charge in [0, 0.05) is 32.9 Å². The number of fused-ring (bicyclic) bond motifs is 7. The van der Waals surface area contributed by atoms with Crippen LogP contribution in [-0.4, -0.2) is 0 Å². The highest BCUT2D eigenvalue weighted by Gasteiger charge is 2.22. The van der Waals surface area contributed by atoms with Gasteiger partial charge < -0.3 is 9.32 Å². The second-order valence-corrected chi connectivity index (χ2v) is 14.5. The maximum atomic E-state index is 6.84. The van der Waals surface area contributed by atoms with Crippen LogP contribution in [0.3, 0.4) is 0 Å². The van der Waals surface area contributed by atoms with Crippen molar-refractivity contribution in [2.45, 2.75) is 0 Å². The quantitative estimate of drug-likeness (QED) is 0.171. The molecule has 0 atom stereocenters. The lowest BCUT2D eigenvalue weighted by atomic mass is 9.93. The van der Waals surface area contributed by atoms with Gasteiger partial charge in [-0.2, -0.15) is 0 Å². The molecule has 0 aliphatic heterocycles. The van der Waals surface area contributed by atoms with Crippen LogP contribution in [0.2, 0.25) is 0 Å². The summed E-state index contributed by atoms with van der Waals surface area (Å²) in [6.45, 7) is 0. The highest BCUT2D eigenvalue weighted by Crippen LogP contribution is 2.47. The fourth-order valence-electron chi connectivity index (χ4n) is 8.55. The number of nitrogens with zero attached hydrogens (tertiary/aromatic N) is 1. The van der Waals surface area contributed by atoms with E-state index in [1.165, 1.54) is 43.8 Å². The Hall–Kier alpha value is -7.42. The van der Waals surface area contributed by atoms with Crippen molar-refractivity contribution < 1.29 is 4.42 Å². The zero-order valence-corrected chi connectivity index (χ0v) is 30.6. The summed E-state index contributed by atoms with van der Waals surface area (Å²) in [5.41, 5.74) is 12.2. The van der Waals surface area contributed by atoms with E-state index in [0.717, 1.165) is 60.9 Å². The molecule has 56 heavy (non-hydrogen) atoms. The summed E-state index contributed by atoms with van der Waals surface area (Å²) in [6, 6.07) is 76.5. The third kappa shape index (κ3) is 5.34. The molecule has 2 heteroatoms. The summed E-state index contributed by atoms with van der Waals surface area (Å²) in [4.78, 5) is 2.43. The zero-order chi connectivity index (χ0) is 37.0. The summed E-state index contributed by atoms with van der Waals surface area (Å²) in [5.74, 6) is 0. The van der Waals surface area contributed by atoms with Gasteiger partial charge in [-0.05, 0) is 91.3 Å². The Labute approximate surface area is 325 Å². The molecule has 0 saturated carbocycles. The Bertz CT molecular complexity index is 3240. The van der Waals surface area contributed by atoms with E-state index in [4.69, 9.17) is 4.42 Å². The standard InChI is InChI=1S/C54H35NO/c1-2-13-36(14-3-1)38-27-29-39(30-28-38)42-19-10-20-43(33-42)55(44-32-31-37-15-4-5-17-41(37)34-44)51-35-50-53-48(46-24-11-18-40-16-6-7-21-45(40)46)25-12-26-52(53)56-54(50)49-23-9-8-22-47(49)51/h1-35H. The molecule has 1 heterocycles. The molecule has 0 unspecified atom stereocenters. The predicted octanol–water partition coefficient (Wildman–Crippen LogP) is 15.5. The Balaban J connectivity index is 1.16. The first-order valence-electron chi connectivity index (χ1n) is 19.2. The highest BCUT2D eigenvalue weighted by molar-refractivity contribution is 6.23. The van der Waals surface area contributed by atoms with E-state index < -0.39 is 0 Å². The molecule has 0 amide bonds. The summed E-state index contributed by atoms with van der Waals surface area (Å²) in [7, 11) is 0. The van der Waals surface area contributed by atoms with E-state index in [1.54, 1.807) is 0 Å². The Kier molecular flexibility index (Phi) is 7.53. The first-order valence-corrected chi connectivity index (χ1v) is 19.2. The fraction of sp³-hybridized carbons (Fsp3) is 0. The van der Waals surface area contributed by atoms with Crippen molar-refractivity contribution in [3.63, 3.8) is 0 Å². The summed E-state index contributed by atoms with van der Waals surface area (Å²) in [5, 5.41) is 9.27. The second kappa shape index (κ2) is 13.2. The fourth-order valence-corrected chi connectivity index (χ4v) is 8.55. The highest BCUT2D eigenvalue weighted by atomic mass is 16.3. The number of hydrogen-bond donors (Lipinski definition) is 0. The molecule has 0 bridgehead atoms. The van der Waals surface area contributed by atoms with Gasteiger partial charge in [-0.15, -0.1) is 0 Å². The van der Waals surface area contributed by atoms with Crippen molar-refractivity contribution in [1.29, 1.82) is 0 Å². The molecule has 262 valence electrons. The zero-order valence-electron chi connectivity index (χ0n) is 30.6. The Morgan fingerprint density at radius 3 is 1.75 bits per heavy atom. The van der Waals surface area contributed by atoms with Crippen LogP contribution in [0.5, 0.6) is 0 Å². The van der Waals surface area contributed by atoms with Crippen molar-refractivity contribution in [1.82, 2.24) is 0 Å². The minimum absolute atomic E-state index is 0.880. The van der Waals surface area contributed by atoms with Crippen molar-refractivity contribution in [3.8, 4) is 33.4 Å². The van der Waals surface area contributed by atoms with Crippen LogP contribution in [0.25, 0.3) is 87.6 Å². The van der Waals surface area contributed by atoms with Crippen LogP contribution in [0.4, 0.5) is 17.1 Å². The average molecular weight is 714 g/mol. The van der Waals surface area contributed by atoms with Crippen LogP contribution in [0.15, 0.2) is 217 Å². The van der Waals surface area contributed by atoms with Gasteiger partial charge in [0.15, 0.2) is 0 Å². The monoisotopic (exact) mass is 713 g/mol. The molecule has 0 aliphatic carbocycles. The number of benzene rings is 10. The molecular weight excluding hydrogens is 679 g/mol. The van der Waals surface area contributed by atoms with E-state index in [2.05, 4.69) is 217 Å². The van der Waals surface area contributed by atoms with E-state index in [9.17, 15) is 0 Å². The number of anilines is 3. The average Bonchev–Trinajstić information content (AvgIpc) is 3.66. The molecule has 11 rings (SSSR count). The number of hydrogen-bond acceptors (Lipinski definition) is 2. The Morgan fingerprint density at radius 1 is 0.321 bits per heavy atom. The second-order valence-electron chi connectivity index (χ2n) is 14.5. The van der Waals surface area contributed by atoms with Gasteiger partial charge >= 0.3 is 0 Å². The molecule has 0 spiro atoms. The van der Waals surface area contributed by atoms with Gasteiger partial charge in [-0.25, -0.2) is 0 Å². The molecule has 0 radical (unpaired) electrons. The topological polar surface area (TPSA) is 16.4 Å². The summed E-state index contributed by atoms with van der Waals surface area (Å²) >= 11 is 0. The third-order valence-corrected chi connectivity index (χ3v) is 11.2. The molecule has 0 aliphatic rings. The van der Waals surface area contributed by atoms with Crippen LogP contribution in [0.1, 0.15) is 0 Å². The van der Waals surface area contributed by atoms with Crippen LogP contribution in [-0.2, 0) is 0 Å². The largest absolute Gasteiger partial charge is 0.455 e. The van der Waals surface area contributed by atoms with Crippen molar-refractivity contribution in [3.05, 3.63) is 212 Å². The molecule has 0 N–H and O–H groups in total. The van der Waals surface area contributed by atoms with E-state index >= 15 is 0 Å². The maximum absolute atomic E-state index is 6.84. The third-order valence-electron chi connectivity index (χ3n) is 11.2. The lowest BCUT2D eigenvalue weighted by molar-refractivity contribution is 0.673. The molecule has 0 fully saturated rings. The van der Waals surface area contributed by atoms with E-state index in [0.29, 0.717) is 0 Å². The lowest BCUT2D eigenvalue weighted by Gasteiger charge is -2.28. The predicted molar refractivity (Wildman–Crippen MR) is 237 cm³/mol. The molecule has 2 nitrogen and oxygen atoms in total. The van der Waals surface area contributed by atoms with Gasteiger partial charge in [-0.1, -0.05) is 176 Å². The molecular formula is C54H35NO. The molecule has 1 aromatic heterocycles. The summed E-state index contributed by atoms with van der Waals surface area (Å²) < 4.78 is 6.84. The van der Waals surface area contributed by atoms with Crippen LogP contribution in [0, 0.1) is 0 Å². The molecule has 0 saturated heterocycles. The summed E-state index contributed by atoms with van der Waals surface area (Å²) in [6.07, 6.45) is 0. The van der Waals surface area contributed by atoms with Gasteiger partial charge in [0.2, 0.25) is 0 Å². The molecule has 11 aromatic rings. The van der Waals surface area contributed by atoms with Gasteiger partial charge in [0.05, 0.1) is 5.69 Å². The number of furan rings is 1. The normalized spacial score (nSPS) is 11.6. The van der Waals surface area contributed by atoms with Crippen LogP contribution >= 0.6 is 0 Å². The minimum atomic E-state index is 0.880. The van der Waals surface area contributed by atoms with E-state index in [-0.39, 0.29) is 0 Å². The maximum Gasteiger partial charge on any atom is 0.143 e. The first-order chi connectivity index (χ1) is 27.8.